The molecule has 19 heavy (non-hydrogen) atoms. The maximum Gasteiger partial charge on any atom is 0.238 e. The fourth-order valence-electron chi connectivity index (χ4n) is 2.13. The van der Waals surface area contributed by atoms with E-state index in [0.29, 0.717) is 19.1 Å². The van der Waals surface area contributed by atoms with Crippen LogP contribution in [0.25, 0.3) is 0 Å². The first-order valence-corrected chi connectivity index (χ1v) is 6.57. The Hall–Kier alpha value is -1.59. The van der Waals surface area contributed by atoms with Crippen molar-refractivity contribution in [1.29, 1.82) is 0 Å². The molecule has 5 heteroatoms. The molecule has 104 valence electrons. The summed E-state index contributed by atoms with van der Waals surface area (Å²) >= 11 is 0. The molecule has 1 aromatic carbocycles. The van der Waals surface area contributed by atoms with Crippen LogP contribution in [0.1, 0.15) is 6.92 Å². The average molecular weight is 264 g/mol. The van der Waals surface area contributed by atoms with Crippen molar-refractivity contribution in [2.75, 3.05) is 38.2 Å². The standard InChI is InChI=1S/C14H20N2O3/c1-2-19-13-5-3-12(4-6-13)15-14(18)9-16-7-11(8-16)10-17/h3-6,11,17H,2,7-10H2,1H3,(H,15,18). The lowest BCUT2D eigenvalue weighted by Crippen LogP contribution is -2.51. The second-order valence-electron chi connectivity index (χ2n) is 4.75. The SMILES string of the molecule is CCOc1ccc(NC(=O)CN2CC(CO)C2)cc1. The van der Waals surface area contributed by atoms with Gasteiger partial charge in [0.2, 0.25) is 5.91 Å². The van der Waals surface area contributed by atoms with Crippen LogP contribution < -0.4 is 10.1 Å². The molecular formula is C14H20N2O3. The summed E-state index contributed by atoms with van der Waals surface area (Å²) in [6.45, 7) is 4.75. The minimum atomic E-state index is -0.0273. The van der Waals surface area contributed by atoms with Gasteiger partial charge in [-0.1, -0.05) is 0 Å². The Balaban J connectivity index is 1.76. The molecule has 0 saturated carbocycles. The number of carbonyl (C=O) groups is 1. The summed E-state index contributed by atoms with van der Waals surface area (Å²) in [5.74, 6) is 1.10. The summed E-state index contributed by atoms with van der Waals surface area (Å²) in [7, 11) is 0. The van der Waals surface area contributed by atoms with Gasteiger partial charge in [-0.3, -0.25) is 9.69 Å². The van der Waals surface area contributed by atoms with Crippen LogP contribution in [-0.2, 0) is 4.79 Å². The van der Waals surface area contributed by atoms with Gasteiger partial charge in [-0.25, -0.2) is 0 Å². The molecule has 0 aromatic heterocycles. The van der Waals surface area contributed by atoms with Crippen LogP contribution in [0, 0.1) is 5.92 Å². The van der Waals surface area contributed by atoms with E-state index in [1.807, 2.05) is 36.1 Å². The van der Waals surface area contributed by atoms with E-state index in [4.69, 9.17) is 9.84 Å². The predicted molar refractivity (Wildman–Crippen MR) is 73.3 cm³/mol. The van der Waals surface area contributed by atoms with Crippen LogP contribution in [0.3, 0.4) is 0 Å². The highest BCUT2D eigenvalue weighted by atomic mass is 16.5. The molecule has 1 aromatic rings. The van der Waals surface area contributed by atoms with Gasteiger partial charge < -0.3 is 15.2 Å². The van der Waals surface area contributed by atoms with Crippen molar-refractivity contribution in [3.8, 4) is 5.75 Å². The van der Waals surface area contributed by atoms with E-state index in [1.165, 1.54) is 0 Å². The molecule has 0 bridgehead atoms. The molecule has 0 unspecified atom stereocenters. The molecule has 5 nitrogen and oxygen atoms in total. The summed E-state index contributed by atoms with van der Waals surface area (Å²) in [6.07, 6.45) is 0. The van der Waals surface area contributed by atoms with Crippen molar-refractivity contribution in [3.05, 3.63) is 24.3 Å². The zero-order chi connectivity index (χ0) is 13.7. The monoisotopic (exact) mass is 264 g/mol. The Kier molecular flexibility index (Phi) is 4.76. The maximum absolute atomic E-state index is 11.8. The number of amides is 1. The largest absolute Gasteiger partial charge is 0.494 e. The molecule has 1 amide bonds. The molecule has 1 aliphatic rings. The van der Waals surface area contributed by atoms with Gasteiger partial charge in [0.25, 0.3) is 0 Å². The number of aliphatic hydroxyl groups is 1. The first-order chi connectivity index (χ1) is 9.21. The third kappa shape index (κ3) is 3.94. The molecule has 1 heterocycles. The number of hydrogen-bond acceptors (Lipinski definition) is 4. The van der Waals surface area contributed by atoms with Crippen molar-refractivity contribution in [2.24, 2.45) is 5.92 Å². The van der Waals surface area contributed by atoms with Crippen molar-refractivity contribution in [2.45, 2.75) is 6.92 Å². The smallest absolute Gasteiger partial charge is 0.238 e. The Morgan fingerprint density at radius 2 is 2.11 bits per heavy atom. The number of carbonyl (C=O) groups excluding carboxylic acids is 1. The zero-order valence-electron chi connectivity index (χ0n) is 11.1. The fourth-order valence-corrected chi connectivity index (χ4v) is 2.13. The van der Waals surface area contributed by atoms with E-state index in [9.17, 15) is 4.79 Å². The highest BCUT2D eigenvalue weighted by Gasteiger charge is 2.27. The number of benzene rings is 1. The summed E-state index contributed by atoms with van der Waals surface area (Å²) in [5, 5.41) is 11.7. The molecule has 2 N–H and O–H groups in total. The maximum atomic E-state index is 11.8. The van der Waals surface area contributed by atoms with E-state index >= 15 is 0 Å². The van der Waals surface area contributed by atoms with Gasteiger partial charge in [0, 0.05) is 31.3 Å². The summed E-state index contributed by atoms with van der Waals surface area (Å²) < 4.78 is 5.34. The van der Waals surface area contributed by atoms with Crippen molar-refractivity contribution < 1.29 is 14.6 Å². The molecule has 1 fully saturated rings. The van der Waals surface area contributed by atoms with Crippen LogP contribution in [0.15, 0.2) is 24.3 Å². The normalized spacial score (nSPS) is 15.9. The van der Waals surface area contributed by atoms with Crippen molar-refractivity contribution >= 4 is 11.6 Å². The highest BCUT2D eigenvalue weighted by Crippen LogP contribution is 2.17. The topological polar surface area (TPSA) is 61.8 Å². The van der Waals surface area contributed by atoms with E-state index in [1.54, 1.807) is 0 Å². The fraction of sp³-hybridized carbons (Fsp3) is 0.500. The number of anilines is 1. The molecule has 1 aliphatic heterocycles. The zero-order valence-corrected chi connectivity index (χ0v) is 11.1. The summed E-state index contributed by atoms with van der Waals surface area (Å²) in [5.41, 5.74) is 0.771. The Morgan fingerprint density at radius 3 is 2.68 bits per heavy atom. The minimum Gasteiger partial charge on any atom is -0.494 e. The molecule has 0 spiro atoms. The lowest BCUT2D eigenvalue weighted by molar-refractivity contribution is -0.119. The number of likely N-dealkylation sites (tertiary alicyclic amines) is 1. The summed E-state index contributed by atoms with van der Waals surface area (Å²) in [6, 6.07) is 7.33. The first kappa shape index (κ1) is 13.8. The van der Waals surface area contributed by atoms with Gasteiger partial charge >= 0.3 is 0 Å². The van der Waals surface area contributed by atoms with E-state index in [2.05, 4.69) is 5.32 Å². The molecule has 1 saturated heterocycles. The van der Waals surface area contributed by atoms with Crippen LogP contribution in [0.4, 0.5) is 5.69 Å². The third-order valence-electron chi connectivity index (χ3n) is 3.11. The second kappa shape index (κ2) is 6.54. The third-order valence-corrected chi connectivity index (χ3v) is 3.11. The minimum absolute atomic E-state index is 0.0273. The van der Waals surface area contributed by atoms with Crippen molar-refractivity contribution in [1.82, 2.24) is 4.90 Å². The van der Waals surface area contributed by atoms with Crippen LogP contribution in [-0.4, -0.2) is 48.8 Å². The first-order valence-electron chi connectivity index (χ1n) is 6.57. The average Bonchev–Trinajstić information content (AvgIpc) is 2.36. The quantitative estimate of drug-likeness (QED) is 0.803. The molecule has 0 atom stereocenters. The number of nitrogens with one attached hydrogen (secondary N) is 1. The second-order valence-corrected chi connectivity index (χ2v) is 4.75. The predicted octanol–water partition coefficient (Wildman–Crippen LogP) is 0.948. The van der Waals surface area contributed by atoms with Crippen LogP contribution >= 0.6 is 0 Å². The van der Waals surface area contributed by atoms with Gasteiger partial charge in [0.15, 0.2) is 0 Å². The van der Waals surface area contributed by atoms with Crippen LogP contribution in [0.5, 0.6) is 5.75 Å². The van der Waals surface area contributed by atoms with E-state index in [0.717, 1.165) is 24.5 Å². The number of aliphatic hydroxyl groups excluding tert-OH is 1. The Labute approximate surface area is 113 Å². The van der Waals surface area contributed by atoms with Crippen molar-refractivity contribution in [3.63, 3.8) is 0 Å². The number of ether oxygens (including phenoxy) is 1. The molecular weight excluding hydrogens is 244 g/mol. The van der Waals surface area contributed by atoms with Gasteiger partial charge in [0.1, 0.15) is 5.75 Å². The Morgan fingerprint density at radius 1 is 1.42 bits per heavy atom. The van der Waals surface area contributed by atoms with E-state index < -0.39 is 0 Å². The lowest BCUT2D eigenvalue weighted by Gasteiger charge is -2.37. The van der Waals surface area contributed by atoms with Gasteiger partial charge in [-0.05, 0) is 31.2 Å². The van der Waals surface area contributed by atoms with Gasteiger partial charge in [-0.15, -0.1) is 0 Å². The Bertz CT molecular complexity index is 413. The number of nitrogens with zero attached hydrogens (tertiary/aromatic N) is 1. The highest BCUT2D eigenvalue weighted by molar-refractivity contribution is 5.92. The molecule has 2 rings (SSSR count). The lowest BCUT2D eigenvalue weighted by atomic mass is 10.0. The van der Waals surface area contributed by atoms with Gasteiger partial charge in [0.05, 0.1) is 13.2 Å². The summed E-state index contributed by atoms with van der Waals surface area (Å²) in [4.78, 5) is 13.8. The van der Waals surface area contributed by atoms with Gasteiger partial charge in [-0.2, -0.15) is 0 Å². The number of rotatable bonds is 6. The number of hydrogen-bond donors (Lipinski definition) is 2. The van der Waals surface area contributed by atoms with Crippen LogP contribution in [0.2, 0.25) is 0 Å². The van der Waals surface area contributed by atoms with E-state index in [-0.39, 0.29) is 12.5 Å². The molecule has 0 radical (unpaired) electrons. The molecule has 0 aliphatic carbocycles.